The molecule has 0 bridgehead atoms. The van der Waals surface area contributed by atoms with Crippen molar-refractivity contribution in [1.82, 2.24) is 0 Å². The van der Waals surface area contributed by atoms with E-state index in [0.717, 1.165) is 11.1 Å². The van der Waals surface area contributed by atoms with Crippen LogP contribution >= 0.6 is 11.6 Å². The molecule has 0 aromatic heterocycles. The van der Waals surface area contributed by atoms with Gasteiger partial charge in [0.25, 0.3) is 5.91 Å². The standard InChI is InChI=1S/C19H18ClNO5/c1-11-8-12(2)17(15(20)9-11)21-16(22)10-26-19(24)14-7-5-4-6-13(14)18(23)25-3/h4-9H,10H2,1-3H3,(H,21,22). The van der Waals surface area contributed by atoms with Gasteiger partial charge in [0.05, 0.1) is 28.9 Å². The van der Waals surface area contributed by atoms with Crippen LogP contribution in [0.3, 0.4) is 0 Å². The number of amides is 1. The number of methoxy groups -OCH3 is 1. The molecule has 1 amide bonds. The number of carbonyl (C=O) groups is 3. The molecule has 0 aliphatic heterocycles. The summed E-state index contributed by atoms with van der Waals surface area (Å²) < 4.78 is 9.63. The van der Waals surface area contributed by atoms with Gasteiger partial charge in [-0.15, -0.1) is 0 Å². The van der Waals surface area contributed by atoms with Crippen LogP contribution in [0.2, 0.25) is 5.02 Å². The topological polar surface area (TPSA) is 81.7 Å². The molecule has 1 N–H and O–H groups in total. The van der Waals surface area contributed by atoms with Crippen molar-refractivity contribution in [3.63, 3.8) is 0 Å². The van der Waals surface area contributed by atoms with Crippen molar-refractivity contribution in [2.75, 3.05) is 19.0 Å². The van der Waals surface area contributed by atoms with Crippen LogP contribution in [0.25, 0.3) is 0 Å². The van der Waals surface area contributed by atoms with E-state index in [1.165, 1.54) is 19.2 Å². The molecule has 2 aromatic carbocycles. The smallest absolute Gasteiger partial charge is 0.339 e. The van der Waals surface area contributed by atoms with Crippen LogP contribution in [0, 0.1) is 13.8 Å². The summed E-state index contributed by atoms with van der Waals surface area (Å²) >= 11 is 6.14. The molecular formula is C19H18ClNO5. The third-order valence-corrected chi connectivity index (χ3v) is 3.88. The molecule has 0 aliphatic carbocycles. The van der Waals surface area contributed by atoms with Gasteiger partial charge in [0.1, 0.15) is 0 Å². The van der Waals surface area contributed by atoms with Crippen LogP contribution in [0.15, 0.2) is 36.4 Å². The maximum absolute atomic E-state index is 12.2. The first-order valence-corrected chi connectivity index (χ1v) is 8.12. The molecule has 0 aliphatic rings. The number of nitrogens with one attached hydrogen (secondary N) is 1. The molecule has 0 saturated heterocycles. The van der Waals surface area contributed by atoms with Crippen molar-refractivity contribution in [2.24, 2.45) is 0 Å². The Bertz CT molecular complexity index is 840. The van der Waals surface area contributed by atoms with Gasteiger partial charge in [0.2, 0.25) is 0 Å². The van der Waals surface area contributed by atoms with E-state index >= 15 is 0 Å². The highest BCUT2D eigenvalue weighted by Gasteiger charge is 2.19. The Morgan fingerprint density at radius 2 is 1.65 bits per heavy atom. The second kappa shape index (κ2) is 8.49. The zero-order valence-corrected chi connectivity index (χ0v) is 15.3. The van der Waals surface area contributed by atoms with Gasteiger partial charge in [0.15, 0.2) is 6.61 Å². The average Bonchev–Trinajstić information content (AvgIpc) is 2.62. The lowest BCUT2D eigenvalue weighted by atomic mass is 10.1. The minimum Gasteiger partial charge on any atom is -0.465 e. The van der Waals surface area contributed by atoms with Crippen LogP contribution in [0.4, 0.5) is 5.69 Å². The third-order valence-electron chi connectivity index (χ3n) is 3.58. The Morgan fingerprint density at radius 3 is 2.23 bits per heavy atom. The molecule has 136 valence electrons. The van der Waals surface area contributed by atoms with Crippen molar-refractivity contribution in [3.05, 3.63) is 63.7 Å². The first-order valence-electron chi connectivity index (χ1n) is 7.74. The van der Waals surface area contributed by atoms with E-state index < -0.39 is 24.5 Å². The lowest BCUT2D eigenvalue weighted by Crippen LogP contribution is -2.22. The van der Waals surface area contributed by atoms with E-state index in [1.807, 2.05) is 19.9 Å². The van der Waals surface area contributed by atoms with Crippen molar-refractivity contribution in [3.8, 4) is 0 Å². The van der Waals surface area contributed by atoms with Gasteiger partial charge in [-0.25, -0.2) is 9.59 Å². The molecule has 7 heteroatoms. The number of hydrogen-bond acceptors (Lipinski definition) is 5. The number of halogens is 1. The average molecular weight is 376 g/mol. The Hall–Kier alpha value is -2.86. The highest BCUT2D eigenvalue weighted by Crippen LogP contribution is 2.27. The van der Waals surface area contributed by atoms with E-state index in [1.54, 1.807) is 18.2 Å². The van der Waals surface area contributed by atoms with Crippen LogP contribution in [0.1, 0.15) is 31.8 Å². The van der Waals surface area contributed by atoms with Crippen LogP contribution in [0.5, 0.6) is 0 Å². The lowest BCUT2D eigenvalue weighted by Gasteiger charge is -2.12. The number of esters is 2. The van der Waals surface area contributed by atoms with E-state index in [2.05, 4.69) is 10.1 Å². The van der Waals surface area contributed by atoms with Crippen molar-refractivity contribution >= 4 is 35.1 Å². The molecule has 2 rings (SSSR count). The number of hydrogen-bond donors (Lipinski definition) is 1. The highest BCUT2D eigenvalue weighted by atomic mass is 35.5. The summed E-state index contributed by atoms with van der Waals surface area (Å²) in [5, 5.41) is 3.02. The molecule has 2 aromatic rings. The largest absolute Gasteiger partial charge is 0.465 e. The number of ether oxygens (including phenoxy) is 2. The van der Waals surface area contributed by atoms with Gasteiger partial charge >= 0.3 is 11.9 Å². The van der Waals surface area contributed by atoms with Gasteiger partial charge in [-0.3, -0.25) is 4.79 Å². The van der Waals surface area contributed by atoms with Gasteiger partial charge in [-0.1, -0.05) is 29.8 Å². The predicted molar refractivity (Wildman–Crippen MR) is 97.6 cm³/mol. The highest BCUT2D eigenvalue weighted by molar-refractivity contribution is 6.34. The maximum Gasteiger partial charge on any atom is 0.339 e. The van der Waals surface area contributed by atoms with Crippen LogP contribution < -0.4 is 5.32 Å². The van der Waals surface area contributed by atoms with E-state index in [0.29, 0.717) is 10.7 Å². The van der Waals surface area contributed by atoms with E-state index in [9.17, 15) is 14.4 Å². The normalized spacial score (nSPS) is 10.2. The first kappa shape index (κ1) is 19.5. The second-order valence-corrected chi connectivity index (χ2v) is 6.01. The molecule has 26 heavy (non-hydrogen) atoms. The summed E-state index contributed by atoms with van der Waals surface area (Å²) in [4.78, 5) is 36.0. The summed E-state index contributed by atoms with van der Waals surface area (Å²) in [5.74, 6) is -2.00. The monoisotopic (exact) mass is 375 g/mol. The van der Waals surface area contributed by atoms with Gasteiger partial charge in [-0.2, -0.15) is 0 Å². The molecule has 0 heterocycles. The number of rotatable bonds is 5. The Labute approximate surface area is 156 Å². The van der Waals surface area contributed by atoms with Gasteiger partial charge < -0.3 is 14.8 Å². The van der Waals surface area contributed by atoms with Crippen molar-refractivity contribution < 1.29 is 23.9 Å². The Balaban J connectivity index is 2.05. The van der Waals surface area contributed by atoms with E-state index in [4.69, 9.17) is 16.3 Å². The Kier molecular flexibility index (Phi) is 6.36. The maximum atomic E-state index is 12.2. The summed E-state index contributed by atoms with van der Waals surface area (Å²) in [6.07, 6.45) is 0. The summed E-state index contributed by atoms with van der Waals surface area (Å²) in [6.45, 7) is 3.19. The summed E-state index contributed by atoms with van der Waals surface area (Å²) in [7, 11) is 1.21. The minimum atomic E-state index is -0.798. The predicted octanol–water partition coefficient (Wildman–Crippen LogP) is 3.54. The molecule has 0 saturated carbocycles. The van der Waals surface area contributed by atoms with Gasteiger partial charge in [0, 0.05) is 0 Å². The van der Waals surface area contributed by atoms with Crippen LogP contribution in [-0.2, 0) is 14.3 Å². The SMILES string of the molecule is COC(=O)c1ccccc1C(=O)OCC(=O)Nc1c(C)cc(C)cc1Cl. The fourth-order valence-corrected chi connectivity index (χ4v) is 2.78. The minimum absolute atomic E-state index is 0.0247. The third kappa shape index (κ3) is 4.61. The number of carbonyl (C=O) groups excluding carboxylic acids is 3. The molecule has 6 nitrogen and oxygen atoms in total. The van der Waals surface area contributed by atoms with Gasteiger partial charge in [-0.05, 0) is 43.2 Å². The van der Waals surface area contributed by atoms with Crippen molar-refractivity contribution in [2.45, 2.75) is 13.8 Å². The quantitative estimate of drug-likeness (QED) is 0.808. The number of benzene rings is 2. The summed E-state index contributed by atoms with van der Waals surface area (Å²) in [5.41, 5.74) is 2.32. The molecular weight excluding hydrogens is 358 g/mol. The lowest BCUT2D eigenvalue weighted by molar-refractivity contribution is -0.119. The second-order valence-electron chi connectivity index (χ2n) is 5.60. The fraction of sp³-hybridized carbons (Fsp3) is 0.211. The van der Waals surface area contributed by atoms with Crippen LogP contribution in [-0.4, -0.2) is 31.6 Å². The van der Waals surface area contributed by atoms with Crippen molar-refractivity contribution in [1.29, 1.82) is 0 Å². The Morgan fingerprint density at radius 1 is 1.04 bits per heavy atom. The first-order chi connectivity index (χ1) is 12.3. The molecule has 0 atom stereocenters. The molecule has 0 spiro atoms. The number of anilines is 1. The molecule has 0 radical (unpaired) electrons. The fourth-order valence-electron chi connectivity index (χ4n) is 2.41. The summed E-state index contributed by atoms with van der Waals surface area (Å²) in [6, 6.07) is 9.64. The van der Waals surface area contributed by atoms with E-state index in [-0.39, 0.29) is 11.1 Å². The molecule has 0 fully saturated rings. The zero-order valence-electron chi connectivity index (χ0n) is 14.6. The number of aryl methyl sites for hydroxylation is 2. The zero-order chi connectivity index (χ0) is 19.3. The molecule has 0 unspecified atom stereocenters.